The third-order valence-corrected chi connectivity index (χ3v) is 2.02. The molecule has 0 spiro atoms. The number of hydrogen-bond donors (Lipinski definition) is 5. The van der Waals surface area contributed by atoms with Gasteiger partial charge < -0.3 is 30.5 Å². The lowest BCUT2D eigenvalue weighted by atomic mass is 10.0. The fourth-order valence-corrected chi connectivity index (χ4v) is 0.982. The Morgan fingerprint density at radius 2 is 2.00 bits per heavy atom. The van der Waals surface area contributed by atoms with E-state index in [1.165, 1.54) is 6.92 Å². The largest absolute Gasteiger partial charge is 0.394 e. The maximum atomic E-state index is 11.2. The van der Waals surface area contributed by atoms with Gasteiger partial charge in [0.2, 0.25) is 5.91 Å². The highest BCUT2D eigenvalue weighted by Crippen LogP contribution is 2.04. The first-order valence-electron chi connectivity index (χ1n) is 5.26. The van der Waals surface area contributed by atoms with E-state index < -0.39 is 36.9 Å². The van der Waals surface area contributed by atoms with E-state index >= 15 is 0 Å². The Morgan fingerprint density at radius 3 is 2.38 bits per heavy atom. The zero-order valence-corrected chi connectivity index (χ0v) is 8.85. The molecule has 0 radical (unpaired) electrons. The Bertz CT molecular complexity index is 264. The number of aliphatic hydroxyl groups excluding tert-OH is 4. The molecule has 0 saturated heterocycles. The van der Waals surface area contributed by atoms with Crippen LogP contribution in [-0.2, 0) is 9.59 Å². The molecule has 16 heavy (non-hydrogen) atoms. The summed E-state index contributed by atoms with van der Waals surface area (Å²) in [5, 5.41) is 36.8. The summed E-state index contributed by atoms with van der Waals surface area (Å²) < 4.78 is 7.29. The summed E-state index contributed by atoms with van der Waals surface area (Å²) in [7, 11) is 0. The first kappa shape index (κ1) is 13.0. The minimum Gasteiger partial charge on any atom is -0.394 e. The molecule has 4 atom stereocenters. The van der Waals surface area contributed by atoms with Gasteiger partial charge in [-0.05, 0) is 0 Å². The summed E-state index contributed by atoms with van der Waals surface area (Å²) in [6.07, 6.45) is -5.24. The highest BCUT2D eigenvalue weighted by atomic mass is 16.4. The smallest absolute Gasteiger partial charge is 0.220 e. The molecular formula is C9H17NO6. The lowest BCUT2D eigenvalue weighted by Gasteiger charge is -2.26. The van der Waals surface area contributed by atoms with Gasteiger partial charge in [-0.25, -0.2) is 0 Å². The molecule has 0 saturated carbocycles. The van der Waals surface area contributed by atoms with Crippen LogP contribution in [0.2, 0.25) is 1.41 Å². The van der Waals surface area contributed by atoms with E-state index in [1.807, 2.05) is 0 Å². The standard InChI is InChI=1S/C9H17NO6/c1-2-7(14)10-5(3-11)8(15)9(16)6(13)4-12/h3,5-6,8-9,12-13,15-16H,2,4H2,1H3,(H,10,14)/t5-,6+,8+,9+/m0/s1/i/hD. The van der Waals surface area contributed by atoms with Gasteiger partial charge in [0.25, 0.3) is 0 Å². The van der Waals surface area contributed by atoms with Crippen LogP contribution < -0.4 is 5.31 Å². The molecule has 0 fully saturated rings. The highest BCUT2D eigenvalue weighted by Gasteiger charge is 2.31. The van der Waals surface area contributed by atoms with E-state index in [2.05, 4.69) is 0 Å². The van der Waals surface area contributed by atoms with E-state index in [9.17, 15) is 19.8 Å². The van der Waals surface area contributed by atoms with Crippen LogP contribution in [0.1, 0.15) is 13.3 Å². The first-order chi connectivity index (χ1) is 7.90. The quantitative estimate of drug-likeness (QED) is 0.303. The van der Waals surface area contributed by atoms with Gasteiger partial charge in [0.15, 0.2) is 1.41 Å². The van der Waals surface area contributed by atoms with Crippen LogP contribution in [0.25, 0.3) is 0 Å². The van der Waals surface area contributed by atoms with E-state index in [4.69, 9.17) is 11.6 Å². The highest BCUT2D eigenvalue weighted by molar-refractivity contribution is 5.79. The Labute approximate surface area is 94.2 Å². The van der Waals surface area contributed by atoms with E-state index in [0.717, 1.165) is 0 Å². The SMILES string of the molecule is [2H]N(C(=O)CC)[C@@H](C=O)[C@@H](O)[C@H](O)[C@H](O)CO. The zero-order valence-electron chi connectivity index (χ0n) is 9.85. The van der Waals surface area contributed by atoms with Gasteiger partial charge in [0, 0.05) is 6.42 Å². The minimum absolute atomic E-state index is 0.0425. The monoisotopic (exact) mass is 236 g/mol. The van der Waals surface area contributed by atoms with Crippen LogP contribution in [0.4, 0.5) is 0 Å². The van der Waals surface area contributed by atoms with Crippen molar-refractivity contribution in [3.63, 3.8) is 0 Å². The van der Waals surface area contributed by atoms with Gasteiger partial charge >= 0.3 is 0 Å². The van der Waals surface area contributed by atoms with Crippen LogP contribution in [0, 0.1) is 0 Å². The molecule has 0 bridgehead atoms. The maximum absolute atomic E-state index is 11.2. The van der Waals surface area contributed by atoms with Crippen LogP contribution in [-0.4, -0.2) is 63.6 Å². The molecule has 5 N–H and O–H groups in total. The Kier molecular flexibility index (Phi) is 5.94. The maximum Gasteiger partial charge on any atom is 0.220 e. The number of rotatable bonds is 7. The van der Waals surface area contributed by atoms with Gasteiger partial charge in [-0.3, -0.25) is 4.79 Å². The molecule has 0 aliphatic rings. The molecule has 1 amide bonds. The van der Waals surface area contributed by atoms with Gasteiger partial charge in [-0.15, -0.1) is 0 Å². The van der Waals surface area contributed by atoms with Gasteiger partial charge in [0.1, 0.15) is 30.6 Å². The molecule has 0 rings (SSSR count). The van der Waals surface area contributed by atoms with Crippen LogP contribution >= 0.6 is 0 Å². The zero-order chi connectivity index (χ0) is 13.6. The Morgan fingerprint density at radius 1 is 1.44 bits per heavy atom. The van der Waals surface area contributed by atoms with Crippen molar-refractivity contribution in [1.82, 2.24) is 5.31 Å². The van der Waals surface area contributed by atoms with Crippen molar-refractivity contribution < 1.29 is 31.4 Å². The third kappa shape index (κ3) is 4.23. The van der Waals surface area contributed by atoms with Crippen molar-refractivity contribution >= 4 is 12.2 Å². The lowest BCUT2D eigenvalue weighted by molar-refractivity contribution is -0.130. The Hall–Kier alpha value is -1.02. The normalized spacial score (nSPS) is 19.2. The van der Waals surface area contributed by atoms with Gasteiger partial charge in [-0.1, -0.05) is 6.92 Å². The number of carbonyl (C=O) groups excluding carboxylic acids is 2. The molecular weight excluding hydrogens is 218 g/mol. The molecule has 7 heteroatoms. The number of amides is 1. The molecule has 0 aromatic heterocycles. The number of nitrogens with one attached hydrogen (secondary N) is 1. The Balaban J connectivity index is 4.76. The van der Waals surface area contributed by atoms with Gasteiger partial charge in [-0.2, -0.15) is 0 Å². The van der Waals surface area contributed by atoms with Crippen molar-refractivity contribution in [2.45, 2.75) is 37.7 Å². The van der Waals surface area contributed by atoms with Crippen molar-refractivity contribution in [2.24, 2.45) is 0 Å². The van der Waals surface area contributed by atoms with Crippen molar-refractivity contribution in [3.05, 3.63) is 0 Å². The van der Waals surface area contributed by atoms with E-state index in [1.54, 1.807) is 0 Å². The first-order valence-corrected chi connectivity index (χ1v) is 4.81. The van der Waals surface area contributed by atoms with Crippen molar-refractivity contribution in [1.29, 1.82) is 0 Å². The summed E-state index contributed by atoms with van der Waals surface area (Å²) in [6.45, 7) is 0.653. The predicted octanol–water partition coefficient (Wildman–Crippen LogP) is -2.84. The summed E-state index contributed by atoms with van der Waals surface area (Å²) in [5.41, 5.74) is 0. The number of aliphatic hydroxyl groups is 4. The van der Waals surface area contributed by atoms with Crippen molar-refractivity contribution in [3.8, 4) is 0 Å². The molecule has 0 unspecified atom stereocenters. The third-order valence-electron chi connectivity index (χ3n) is 2.02. The second-order valence-electron chi connectivity index (χ2n) is 3.23. The molecule has 7 nitrogen and oxygen atoms in total. The molecule has 0 aromatic rings. The second-order valence-corrected chi connectivity index (χ2v) is 3.23. The van der Waals surface area contributed by atoms with Crippen LogP contribution in [0.3, 0.4) is 0 Å². The van der Waals surface area contributed by atoms with Crippen LogP contribution in [0.5, 0.6) is 0 Å². The summed E-state index contributed by atoms with van der Waals surface area (Å²) in [4.78, 5) is 21.8. The molecule has 0 aliphatic carbocycles. The fraction of sp³-hybridized carbons (Fsp3) is 0.778. The minimum atomic E-state index is -1.84. The summed E-state index contributed by atoms with van der Waals surface area (Å²) in [6, 6.07) is -1.60. The van der Waals surface area contributed by atoms with Crippen LogP contribution in [0.15, 0.2) is 0 Å². The second kappa shape index (κ2) is 7.29. The summed E-state index contributed by atoms with van der Waals surface area (Å²) in [5.74, 6) is -0.716. The average molecular weight is 236 g/mol. The number of hydrogen-bond acceptors (Lipinski definition) is 6. The van der Waals surface area contributed by atoms with E-state index in [0.29, 0.717) is 0 Å². The average Bonchev–Trinajstić information content (AvgIpc) is 2.36. The predicted molar refractivity (Wildman–Crippen MR) is 53.4 cm³/mol. The molecule has 94 valence electrons. The van der Waals surface area contributed by atoms with Crippen molar-refractivity contribution in [2.75, 3.05) is 6.61 Å². The number of carbonyl (C=O) groups is 2. The number of aldehydes is 1. The molecule has 0 heterocycles. The molecule has 0 aliphatic heterocycles. The summed E-state index contributed by atoms with van der Waals surface area (Å²) >= 11 is 0. The fourth-order valence-electron chi connectivity index (χ4n) is 0.982. The van der Waals surface area contributed by atoms with E-state index in [-0.39, 0.29) is 18.0 Å². The lowest BCUT2D eigenvalue weighted by Crippen LogP contribution is -2.53. The molecule has 0 aromatic carbocycles. The van der Waals surface area contributed by atoms with Gasteiger partial charge in [0.05, 0.1) is 6.61 Å². The topological polar surface area (TPSA) is 127 Å².